The minimum Gasteiger partial charge on any atom is -0.308 e. The van der Waals surface area contributed by atoms with Crippen molar-refractivity contribution in [3.05, 3.63) is 34.0 Å². The largest absolute Gasteiger partial charge is 0.308 e. The van der Waals surface area contributed by atoms with E-state index in [-0.39, 0.29) is 0 Å². The van der Waals surface area contributed by atoms with Crippen LogP contribution in [0.3, 0.4) is 0 Å². The van der Waals surface area contributed by atoms with Gasteiger partial charge in [0.2, 0.25) is 0 Å². The van der Waals surface area contributed by atoms with Crippen LogP contribution in [0.1, 0.15) is 36.3 Å². The van der Waals surface area contributed by atoms with Gasteiger partial charge in [-0.1, -0.05) is 20.8 Å². The monoisotopic (exact) mass is 264 g/mol. The molecule has 0 saturated heterocycles. The summed E-state index contributed by atoms with van der Waals surface area (Å²) < 4.78 is 1.91. The Bertz CT molecular complexity index is 487. The van der Waals surface area contributed by atoms with E-state index in [1.165, 1.54) is 9.75 Å². The zero-order valence-corrected chi connectivity index (χ0v) is 12.0. The van der Waals surface area contributed by atoms with Gasteiger partial charge in [0.1, 0.15) is 6.33 Å². The fourth-order valence-corrected chi connectivity index (χ4v) is 2.59. The van der Waals surface area contributed by atoms with Crippen molar-refractivity contribution in [1.82, 2.24) is 20.1 Å². The Labute approximate surface area is 112 Å². The van der Waals surface area contributed by atoms with Crippen molar-refractivity contribution in [3.8, 4) is 0 Å². The van der Waals surface area contributed by atoms with E-state index in [1.807, 2.05) is 22.3 Å². The minimum atomic E-state index is 0.460. The molecule has 1 N–H and O–H groups in total. The summed E-state index contributed by atoms with van der Waals surface area (Å²) in [5.74, 6) is 0.857. The van der Waals surface area contributed by atoms with Crippen molar-refractivity contribution in [2.45, 2.75) is 46.3 Å². The molecule has 2 aromatic rings. The molecule has 0 atom stereocenters. The molecule has 0 aromatic carbocycles. The Morgan fingerprint density at radius 2 is 2.11 bits per heavy atom. The van der Waals surface area contributed by atoms with Gasteiger partial charge in [0.25, 0.3) is 0 Å². The fraction of sp³-hybridized carbons (Fsp3) is 0.538. The smallest absolute Gasteiger partial charge is 0.164 e. The molecule has 0 spiro atoms. The van der Waals surface area contributed by atoms with Crippen molar-refractivity contribution in [3.63, 3.8) is 0 Å². The Balaban J connectivity index is 1.93. The molecule has 2 heterocycles. The quantitative estimate of drug-likeness (QED) is 0.871. The molecule has 2 rings (SSSR count). The molecular weight excluding hydrogens is 244 g/mol. The predicted molar refractivity (Wildman–Crippen MR) is 74.8 cm³/mol. The minimum absolute atomic E-state index is 0.460. The number of rotatable bonds is 6. The summed E-state index contributed by atoms with van der Waals surface area (Å²) >= 11 is 1.85. The van der Waals surface area contributed by atoms with E-state index >= 15 is 0 Å². The SMILES string of the molecule is CCc1ccc(Cn2cnc(CNC(C)C)n2)s1. The van der Waals surface area contributed by atoms with Crippen molar-refractivity contribution >= 4 is 11.3 Å². The lowest BCUT2D eigenvalue weighted by molar-refractivity contribution is 0.565. The molecule has 0 bridgehead atoms. The Hall–Kier alpha value is -1.20. The van der Waals surface area contributed by atoms with Crippen molar-refractivity contribution < 1.29 is 0 Å². The Kier molecular flexibility index (Phi) is 4.49. The number of hydrogen-bond donors (Lipinski definition) is 1. The summed E-state index contributed by atoms with van der Waals surface area (Å²) in [6.07, 6.45) is 2.91. The number of nitrogens with zero attached hydrogens (tertiary/aromatic N) is 3. The van der Waals surface area contributed by atoms with Crippen molar-refractivity contribution in [2.24, 2.45) is 0 Å². The Morgan fingerprint density at radius 1 is 1.33 bits per heavy atom. The zero-order valence-electron chi connectivity index (χ0n) is 11.2. The number of hydrogen-bond acceptors (Lipinski definition) is 4. The van der Waals surface area contributed by atoms with E-state index in [1.54, 1.807) is 0 Å². The third kappa shape index (κ3) is 3.65. The molecule has 0 saturated carbocycles. The van der Waals surface area contributed by atoms with E-state index in [2.05, 4.69) is 48.3 Å². The molecule has 4 nitrogen and oxygen atoms in total. The van der Waals surface area contributed by atoms with E-state index in [0.29, 0.717) is 6.04 Å². The number of thiophene rings is 1. The van der Waals surface area contributed by atoms with Gasteiger partial charge in [0.05, 0.1) is 13.1 Å². The van der Waals surface area contributed by atoms with Crippen LogP contribution < -0.4 is 5.32 Å². The molecule has 0 amide bonds. The maximum atomic E-state index is 4.46. The fourth-order valence-electron chi connectivity index (χ4n) is 1.64. The summed E-state index contributed by atoms with van der Waals surface area (Å²) in [4.78, 5) is 7.06. The molecule has 0 fully saturated rings. The lowest BCUT2D eigenvalue weighted by Crippen LogP contribution is -2.22. The van der Waals surface area contributed by atoms with Crippen LogP contribution in [-0.4, -0.2) is 20.8 Å². The van der Waals surface area contributed by atoms with Gasteiger partial charge >= 0.3 is 0 Å². The van der Waals surface area contributed by atoms with Crippen LogP contribution in [0.15, 0.2) is 18.5 Å². The lowest BCUT2D eigenvalue weighted by Gasteiger charge is -2.04. The second-order valence-corrected chi connectivity index (χ2v) is 5.87. The standard InChI is InChI=1S/C13H20N4S/c1-4-11-5-6-12(18-11)8-17-9-15-13(16-17)7-14-10(2)3/h5-6,9-10,14H,4,7-8H2,1-3H3. The molecule has 5 heteroatoms. The summed E-state index contributed by atoms with van der Waals surface area (Å²) in [6.45, 7) is 7.97. The average molecular weight is 264 g/mol. The van der Waals surface area contributed by atoms with Crippen molar-refractivity contribution in [1.29, 1.82) is 0 Å². The van der Waals surface area contributed by atoms with E-state index < -0.39 is 0 Å². The van der Waals surface area contributed by atoms with E-state index in [0.717, 1.165) is 25.3 Å². The van der Waals surface area contributed by atoms with Gasteiger partial charge in [-0.15, -0.1) is 11.3 Å². The first-order valence-electron chi connectivity index (χ1n) is 6.36. The molecule has 0 aliphatic heterocycles. The van der Waals surface area contributed by atoms with Crippen molar-refractivity contribution in [2.75, 3.05) is 0 Å². The van der Waals surface area contributed by atoms with Crippen LogP contribution >= 0.6 is 11.3 Å². The first kappa shape index (κ1) is 13.2. The highest BCUT2D eigenvalue weighted by molar-refractivity contribution is 7.11. The topological polar surface area (TPSA) is 42.7 Å². The predicted octanol–water partition coefficient (Wildman–Crippen LogP) is 2.45. The highest BCUT2D eigenvalue weighted by Crippen LogP contribution is 2.17. The Morgan fingerprint density at radius 3 is 2.78 bits per heavy atom. The van der Waals surface area contributed by atoms with Gasteiger partial charge in [0.15, 0.2) is 5.82 Å². The van der Waals surface area contributed by atoms with E-state index in [4.69, 9.17) is 0 Å². The maximum Gasteiger partial charge on any atom is 0.164 e. The van der Waals surface area contributed by atoms with Crippen LogP contribution in [-0.2, 0) is 19.5 Å². The summed E-state index contributed by atoms with van der Waals surface area (Å²) in [5, 5.41) is 7.78. The molecular formula is C13H20N4S. The number of aromatic nitrogens is 3. The average Bonchev–Trinajstić information content (AvgIpc) is 2.96. The number of nitrogens with one attached hydrogen (secondary N) is 1. The van der Waals surface area contributed by atoms with Crippen LogP contribution in [0.25, 0.3) is 0 Å². The molecule has 0 aliphatic carbocycles. The highest BCUT2D eigenvalue weighted by atomic mass is 32.1. The van der Waals surface area contributed by atoms with Gasteiger partial charge in [0, 0.05) is 15.8 Å². The summed E-state index contributed by atoms with van der Waals surface area (Å²) in [5.41, 5.74) is 0. The number of aryl methyl sites for hydroxylation is 1. The molecule has 0 unspecified atom stereocenters. The molecule has 18 heavy (non-hydrogen) atoms. The van der Waals surface area contributed by atoms with Gasteiger partial charge in [-0.25, -0.2) is 9.67 Å². The van der Waals surface area contributed by atoms with Gasteiger partial charge in [-0.05, 0) is 18.6 Å². The lowest BCUT2D eigenvalue weighted by atomic mass is 10.4. The first-order valence-corrected chi connectivity index (χ1v) is 7.18. The summed E-state index contributed by atoms with van der Waals surface area (Å²) in [6, 6.07) is 4.83. The second kappa shape index (κ2) is 6.11. The zero-order chi connectivity index (χ0) is 13.0. The van der Waals surface area contributed by atoms with Crippen LogP contribution in [0.2, 0.25) is 0 Å². The molecule has 2 aromatic heterocycles. The van der Waals surface area contributed by atoms with Crippen LogP contribution in [0.4, 0.5) is 0 Å². The second-order valence-electron chi connectivity index (χ2n) is 4.62. The molecule has 98 valence electrons. The molecule has 0 aliphatic rings. The molecule has 0 radical (unpaired) electrons. The highest BCUT2D eigenvalue weighted by Gasteiger charge is 2.04. The van der Waals surface area contributed by atoms with Crippen LogP contribution in [0, 0.1) is 0 Å². The normalized spacial score (nSPS) is 11.3. The van der Waals surface area contributed by atoms with Gasteiger partial charge in [-0.3, -0.25) is 0 Å². The van der Waals surface area contributed by atoms with Gasteiger partial charge < -0.3 is 5.32 Å². The van der Waals surface area contributed by atoms with Gasteiger partial charge in [-0.2, -0.15) is 5.10 Å². The first-order chi connectivity index (χ1) is 8.67. The third-order valence-electron chi connectivity index (χ3n) is 2.64. The third-order valence-corrected chi connectivity index (χ3v) is 3.85. The van der Waals surface area contributed by atoms with Crippen LogP contribution in [0.5, 0.6) is 0 Å². The summed E-state index contributed by atoms with van der Waals surface area (Å²) in [7, 11) is 0. The van der Waals surface area contributed by atoms with E-state index in [9.17, 15) is 0 Å². The maximum absolute atomic E-state index is 4.46.